The van der Waals surface area contributed by atoms with Crippen LogP contribution in [0.3, 0.4) is 0 Å². The first-order chi connectivity index (χ1) is 4.83. The van der Waals surface area contributed by atoms with Gasteiger partial charge in [0, 0.05) is 0 Å². The summed E-state index contributed by atoms with van der Waals surface area (Å²) < 4.78 is 5.13. The highest BCUT2D eigenvalue weighted by molar-refractivity contribution is 5.19. The summed E-state index contributed by atoms with van der Waals surface area (Å²) >= 11 is 0. The Kier molecular flexibility index (Phi) is 2.55. The van der Waals surface area contributed by atoms with Gasteiger partial charge in [0.05, 0.1) is 7.11 Å². The molecule has 1 aliphatic rings. The average molecular weight is 138 g/mol. The molecule has 0 radical (unpaired) electrons. The second kappa shape index (κ2) is 3.45. The molecule has 0 aromatic heterocycles. The predicted octanol–water partition coefficient (Wildman–Crippen LogP) is 2.65. The Morgan fingerprint density at radius 3 is 3.00 bits per heavy atom. The second-order valence-corrected chi connectivity index (χ2v) is 2.69. The van der Waals surface area contributed by atoms with Gasteiger partial charge in [0.2, 0.25) is 0 Å². The van der Waals surface area contributed by atoms with Crippen molar-refractivity contribution >= 4 is 0 Å². The van der Waals surface area contributed by atoms with E-state index in [1.54, 1.807) is 7.11 Å². The lowest BCUT2D eigenvalue weighted by molar-refractivity contribution is 0.305. The van der Waals surface area contributed by atoms with Crippen molar-refractivity contribution in [3.05, 3.63) is 23.5 Å². The monoisotopic (exact) mass is 138 g/mol. The van der Waals surface area contributed by atoms with E-state index in [2.05, 4.69) is 19.1 Å². The summed E-state index contributed by atoms with van der Waals surface area (Å²) in [5.74, 6) is 1.02. The maximum atomic E-state index is 5.13. The average Bonchev–Trinajstić information content (AvgIpc) is 2.13. The fourth-order valence-electron chi connectivity index (χ4n) is 1.14. The van der Waals surface area contributed by atoms with Gasteiger partial charge in [0.1, 0.15) is 5.76 Å². The van der Waals surface area contributed by atoms with Crippen LogP contribution in [0.4, 0.5) is 0 Å². The Hall–Kier alpha value is -0.720. The predicted molar refractivity (Wildman–Crippen MR) is 42.7 cm³/mol. The molecule has 0 bridgehead atoms. The highest BCUT2D eigenvalue weighted by Gasteiger charge is 1.98. The van der Waals surface area contributed by atoms with E-state index in [1.807, 2.05) is 0 Å². The van der Waals surface area contributed by atoms with Gasteiger partial charge in [-0.2, -0.15) is 0 Å². The number of methoxy groups -OCH3 is 1. The summed E-state index contributed by atoms with van der Waals surface area (Å²) in [7, 11) is 1.72. The van der Waals surface area contributed by atoms with Crippen LogP contribution in [0.2, 0.25) is 0 Å². The highest BCUT2D eigenvalue weighted by Crippen LogP contribution is 2.16. The summed E-state index contributed by atoms with van der Waals surface area (Å²) in [6.45, 7) is 2.15. The van der Waals surface area contributed by atoms with E-state index in [-0.39, 0.29) is 0 Å². The summed E-state index contributed by atoms with van der Waals surface area (Å²) in [4.78, 5) is 0. The summed E-state index contributed by atoms with van der Waals surface area (Å²) in [5, 5.41) is 0. The first-order valence-electron chi connectivity index (χ1n) is 3.74. The maximum absolute atomic E-state index is 5.13. The molecule has 0 atom stereocenters. The van der Waals surface area contributed by atoms with E-state index in [4.69, 9.17) is 4.74 Å². The van der Waals surface area contributed by atoms with Crippen molar-refractivity contribution in [2.45, 2.75) is 26.2 Å². The van der Waals surface area contributed by atoms with Crippen LogP contribution in [0.15, 0.2) is 23.5 Å². The summed E-state index contributed by atoms with van der Waals surface area (Å²) in [6.07, 6.45) is 7.89. The third-order valence-corrected chi connectivity index (χ3v) is 1.75. The van der Waals surface area contributed by atoms with Crippen LogP contribution in [0.25, 0.3) is 0 Å². The van der Waals surface area contributed by atoms with Crippen LogP contribution in [0.5, 0.6) is 0 Å². The lowest BCUT2D eigenvalue weighted by Crippen LogP contribution is -1.80. The van der Waals surface area contributed by atoms with Crippen molar-refractivity contribution < 1.29 is 4.74 Å². The molecular weight excluding hydrogens is 124 g/mol. The summed E-state index contributed by atoms with van der Waals surface area (Å²) in [6, 6.07) is 0. The molecule has 1 nitrogen and oxygen atoms in total. The molecule has 0 saturated heterocycles. The van der Waals surface area contributed by atoms with E-state index in [9.17, 15) is 0 Å². The van der Waals surface area contributed by atoms with Gasteiger partial charge < -0.3 is 4.74 Å². The van der Waals surface area contributed by atoms with Gasteiger partial charge in [-0.1, -0.05) is 5.57 Å². The standard InChI is InChI=1S/C9H14O/c1-8-5-3-4-6-9(7-8)10-2/h6-7H,3-5H2,1-2H3. The van der Waals surface area contributed by atoms with E-state index in [1.165, 1.54) is 18.4 Å². The number of ether oxygens (including phenoxy) is 1. The Balaban J connectivity index is 2.66. The molecule has 0 spiro atoms. The van der Waals surface area contributed by atoms with Gasteiger partial charge in [-0.15, -0.1) is 0 Å². The number of hydrogen-bond donors (Lipinski definition) is 0. The Morgan fingerprint density at radius 1 is 1.50 bits per heavy atom. The molecule has 0 fully saturated rings. The smallest absolute Gasteiger partial charge is 0.114 e. The molecule has 1 aliphatic carbocycles. The Bertz CT molecular complexity index is 166. The van der Waals surface area contributed by atoms with E-state index in [0.29, 0.717) is 0 Å². The number of hydrogen-bond acceptors (Lipinski definition) is 1. The minimum Gasteiger partial charge on any atom is -0.497 e. The molecule has 56 valence electrons. The second-order valence-electron chi connectivity index (χ2n) is 2.69. The van der Waals surface area contributed by atoms with Crippen LogP contribution in [0, 0.1) is 0 Å². The molecule has 1 heteroatoms. The van der Waals surface area contributed by atoms with Crippen molar-refractivity contribution in [2.24, 2.45) is 0 Å². The first-order valence-corrected chi connectivity index (χ1v) is 3.74. The van der Waals surface area contributed by atoms with Crippen LogP contribution >= 0.6 is 0 Å². The molecule has 0 saturated carbocycles. The van der Waals surface area contributed by atoms with Crippen LogP contribution in [0.1, 0.15) is 26.2 Å². The van der Waals surface area contributed by atoms with Crippen LogP contribution < -0.4 is 0 Å². The van der Waals surface area contributed by atoms with Gasteiger partial charge in [-0.25, -0.2) is 0 Å². The minimum absolute atomic E-state index is 1.02. The molecule has 0 amide bonds. The largest absolute Gasteiger partial charge is 0.497 e. The van der Waals surface area contributed by atoms with Crippen molar-refractivity contribution in [1.82, 2.24) is 0 Å². The minimum atomic E-state index is 1.02. The van der Waals surface area contributed by atoms with Gasteiger partial charge in [-0.05, 0) is 38.3 Å². The third-order valence-electron chi connectivity index (χ3n) is 1.75. The quantitative estimate of drug-likeness (QED) is 0.541. The lowest BCUT2D eigenvalue weighted by Gasteiger charge is -1.97. The molecular formula is C9H14O. The topological polar surface area (TPSA) is 9.23 Å². The zero-order valence-corrected chi connectivity index (χ0v) is 6.68. The van der Waals surface area contributed by atoms with Gasteiger partial charge in [-0.3, -0.25) is 0 Å². The molecule has 0 aromatic rings. The summed E-state index contributed by atoms with van der Waals surface area (Å²) in [5.41, 5.74) is 1.42. The van der Waals surface area contributed by atoms with Crippen molar-refractivity contribution in [2.75, 3.05) is 7.11 Å². The molecule has 0 aromatic carbocycles. The van der Waals surface area contributed by atoms with E-state index >= 15 is 0 Å². The molecule has 0 heterocycles. The lowest BCUT2D eigenvalue weighted by atomic mass is 10.1. The fraction of sp³-hybridized carbons (Fsp3) is 0.556. The maximum Gasteiger partial charge on any atom is 0.114 e. The molecule has 0 aliphatic heterocycles. The highest BCUT2D eigenvalue weighted by atomic mass is 16.5. The van der Waals surface area contributed by atoms with Crippen LogP contribution in [-0.4, -0.2) is 7.11 Å². The molecule has 10 heavy (non-hydrogen) atoms. The third kappa shape index (κ3) is 1.90. The van der Waals surface area contributed by atoms with Gasteiger partial charge >= 0.3 is 0 Å². The van der Waals surface area contributed by atoms with Crippen molar-refractivity contribution in [3.63, 3.8) is 0 Å². The van der Waals surface area contributed by atoms with Crippen molar-refractivity contribution in [3.8, 4) is 0 Å². The zero-order chi connectivity index (χ0) is 7.40. The number of allylic oxidation sites excluding steroid dienone is 3. The van der Waals surface area contributed by atoms with Gasteiger partial charge in [0.15, 0.2) is 0 Å². The normalized spacial score (nSPS) is 19.0. The van der Waals surface area contributed by atoms with E-state index < -0.39 is 0 Å². The Labute approximate surface area is 62.4 Å². The molecule has 0 N–H and O–H groups in total. The fourth-order valence-corrected chi connectivity index (χ4v) is 1.14. The molecule has 1 rings (SSSR count). The number of rotatable bonds is 1. The Morgan fingerprint density at radius 2 is 2.30 bits per heavy atom. The van der Waals surface area contributed by atoms with E-state index in [0.717, 1.165) is 12.2 Å². The zero-order valence-electron chi connectivity index (χ0n) is 6.68. The van der Waals surface area contributed by atoms with Crippen LogP contribution in [-0.2, 0) is 4.74 Å². The SMILES string of the molecule is COC1=CCCCC(C)=C1. The van der Waals surface area contributed by atoms with Crippen molar-refractivity contribution in [1.29, 1.82) is 0 Å². The first kappa shape index (κ1) is 7.39. The van der Waals surface area contributed by atoms with Gasteiger partial charge in [0.25, 0.3) is 0 Å². The molecule has 0 unspecified atom stereocenters.